The number of urea groups is 1. The number of hydrogen-bond donors (Lipinski definition) is 2. The number of rotatable bonds is 3. The van der Waals surface area contributed by atoms with E-state index in [1.165, 1.54) is 0 Å². The number of aromatic nitrogens is 1. The summed E-state index contributed by atoms with van der Waals surface area (Å²) in [5.74, 6) is 0. The van der Waals surface area contributed by atoms with E-state index in [0.29, 0.717) is 10.7 Å². The molecular weight excluding hydrogens is 298 g/mol. The van der Waals surface area contributed by atoms with Crippen molar-refractivity contribution in [2.75, 3.05) is 10.6 Å². The molecule has 2 N–H and O–H groups in total. The van der Waals surface area contributed by atoms with Crippen LogP contribution in [0.4, 0.5) is 16.2 Å². The maximum Gasteiger partial charge on any atom is 0.323 e. The van der Waals surface area contributed by atoms with Crippen molar-refractivity contribution < 1.29 is 4.79 Å². The zero-order valence-electron chi connectivity index (χ0n) is 11.7. The lowest BCUT2D eigenvalue weighted by atomic mass is 10.2. The van der Waals surface area contributed by atoms with E-state index < -0.39 is 0 Å². The first-order valence-corrected chi connectivity index (χ1v) is 7.15. The van der Waals surface area contributed by atoms with E-state index in [1.54, 1.807) is 24.3 Å². The van der Waals surface area contributed by atoms with Gasteiger partial charge in [0.05, 0.1) is 0 Å². The van der Waals surface area contributed by atoms with E-state index in [2.05, 4.69) is 10.6 Å². The average molecular weight is 312 g/mol. The Morgan fingerprint density at radius 2 is 1.55 bits per heavy atom. The maximum absolute atomic E-state index is 12.0. The Labute approximate surface area is 133 Å². The Bertz CT molecular complexity index is 767. The molecule has 0 spiro atoms. The minimum Gasteiger partial charge on any atom is -0.324 e. The minimum atomic E-state index is -0.299. The van der Waals surface area contributed by atoms with E-state index in [-0.39, 0.29) is 6.03 Å². The highest BCUT2D eigenvalue weighted by Gasteiger charge is 2.04. The van der Waals surface area contributed by atoms with Crippen LogP contribution in [0, 0.1) is 0 Å². The Morgan fingerprint density at radius 3 is 2.27 bits per heavy atom. The molecule has 3 aromatic rings. The number of carbonyl (C=O) groups is 1. The van der Waals surface area contributed by atoms with Crippen LogP contribution in [0.15, 0.2) is 73.1 Å². The molecule has 1 heterocycles. The lowest BCUT2D eigenvalue weighted by molar-refractivity contribution is 0.262. The second-order valence-electron chi connectivity index (χ2n) is 4.73. The molecule has 3 rings (SSSR count). The summed E-state index contributed by atoms with van der Waals surface area (Å²) in [5.41, 5.74) is 2.38. The van der Waals surface area contributed by atoms with Gasteiger partial charge in [-0.05, 0) is 54.6 Å². The van der Waals surface area contributed by atoms with Crippen LogP contribution >= 0.6 is 11.6 Å². The van der Waals surface area contributed by atoms with Gasteiger partial charge in [-0.25, -0.2) is 4.79 Å². The van der Waals surface area contributed by atoms with E-state index in [1.807, 2.05) is 53.4 Å². The molecule has 0 radical (unpaired) electrons. The van der Waals surface area contributed by atoms with Crippen molar-refractivity contribution >= 4 is 29.0 Å². The predicted molar refractivity (Wildman–Crippen MR) is 89.9 cm³/mol. The lowest BCUT2D eigenvalue weighted by Gasteiger charge is -2.09. The molecule has 5 heteroatoms. The van der Waals surface area contributed by atoms with E-state index in [9.17, 15) is 4.79 Å². The van der Waals surface area contributed by atoms with Crippen LogP contribution in [0.25, 0.3) is 5.69 Å². The van der Waals surface area contributed by atoms with Crippen molar-refractivity contribution in [1.29, 1.82) is 0 Å². The number of hydrogen-bond acceptors (Lipinski definition) is 1. The Hall–Kier alpha value is -2.72. The van der Waals surface area contributed by atoms with Crippen molar-refractivity contribution in [1.82, 2.24) is 4.57 Å². The second kappa shape index (κ2) is 6.37. The van der Waals surface area contributed by atoms with Crippen molar-refractivity contribution in [2.45, 2.75) is 0 Å². The first-order chi connectivity index (χ1) is 10.7. The summed E-state index contributed by atoms with van der Waals surface area (Å²) < 4.78 is 1.97. The normalized spacial score (nSPS) is 10.2. The number of nitrogens with zero attached hydrogens (tertiary/aromatic N) is 1. The highest BCUT2D eigenvalue weighted by Crippen LogP contribution is 2.16. The minimum absolute atomic E-state index is 0.299. The average Bonchev–Trinajstić information content (AvgIpc) is 3.04. The van der Waals surface area contributed by atoms with Crippen LogP contribution in [0.3, 0.4) is 0 Å². The van der Waals surface area contributed by atoms with Crippen molar-refractivity contribution in [3.05, 3.63) is 78.1 Å². The molecule has 2 amide bonds. The van der Waals surface area contributed by atoms with Gasteiger partial charge in [-0.2, -0.15) is 0 Å². The molecule has 0 aliphatic carbocycles. The van der Waals surface area contributed by atoms with Gasteiger partial charge in [-0.15, -0.1) is 0 Å². The van der Waals surface area contributed by atoms with Crippen LogP contribution in [-0.4, -0.2) is 10.6 Å². The molecule has 2 aromatic carbocycles. The summed E-state index contributed by atoms with van der Waals surface area (Å²) in [4.78, 5) is 12.0. The van der Waals surface area contributed by atoms with Crippen molar-refractivity contribution in [3.63, 3.8) is 0 Å². The Kier molecular flexibility index (Phi) is 4.12. The van der Waals surface area contributed by atoms with E-state index >= 15 is 0 Å². The fourth-order valence-electron chi connectivity index (χ4n) is 2.08. The number of anilines is 2. The zero-order chi connectivity index (χ0) is 15.4. The number of benzene rings is 2. The van der Waals surface area contributed by atoms with Gasteiger partial charge in [0.25, 0.3) is 0 Å². The third-order valence-corrected chi connectivity index (χ3v) is 3.36. The monoisotopic (exact) mass is 311 g/mol. The van der Waals surface area contributed by atoms with Gasteiger partial charge >= 0.3 is 6.03 Å². The molecule has 0 aliphatic heterocycles. The maximum atomic E-state index is 12.0. The SMILES string of the molecule is O=C(Nc1ccc(Cl)cc1)Nc1cccc(-n2cccc2)c1. The van der Waals surface area contributed by atoms with Gasteiger partial charge in [0.1, 0.15) is 0 Å². The molecule has 0 aliphatic rings. The van der Waals surface area contributed by atoms with Crippen LogP contribution in [0.1, 0.15) is 0 Å². The van der Waals surface area contributed by atoms with Crippen LogP contribution in [0.2, 0.25) is 5.02 Å². The second-order valence-corrected chi connectivity index (χ2v) is 5.16. The molecule has 0 atom stereocenters. The molecule has 0 unspecified atom stereocenters. The molecule has 22 heavy (non-hydrogen) atoms. The van der Waals surface area contributed by atoms with Crippen LogP contribution in [-0.2, 0) is 0 Å². The molecule has 0 bridgehead atoms. The molecular formula is C17H14ClN3O. The summed E-state index contributed by atoms with van der Waals surface area (Å²) in [6.07, 6.45) is 3.90. The third kappa shape index (κ3) is 3.48. The Balaban J connectivity index is 1.69. The van der Waals surface area contributed by atoms with Crippen LogP contribution in [0.5, 0.6) is 0 Å². The fourth-order valence-corrected chi connectivity index (χ4v) is 2.20. The fraction of sp³-hybridized carbons (Fsp3) is 0. The molecule has 110 valence electrons. The van der Waals surface area contributed by atoms with Gasteiger partial charge in [0.15, 0.2) is 0 Å². The largest absolute Gasteiger partial charge is 0.324 e. The molecule has 0 saturated heterocycles. The first kappa shape index (κ1) is 14.2. The van der Waals surface area contributed by atoms with E-state index in [4.69, 9.17) is 11.6 Å². The van der Waals surface area contributed by atoms with Crippen LogP contribution < -0.4 is 10.6 Å². The number of halogens is 1. The summed E-state index contributed by atoms with van der Waals surface area (Å²) >= 11 is 5.81. The van der Waals surface area contributed by atoms with E-state index in [0.717, 1.165) is 11.4 Å². The van der Waals surface area contributed by atoms with Crippen molar-refractivity contribution in [2.24, 2.45) is 0 Å². The number of carbonyl (C=O) groups excluding carboxylic acids is 1. The van der Waals surface area contributed by atoms with Gasteiger partial charge < -0.3 is 15.2 Å². The highest BCUT2D eigenvalue weighted by atomic mass is 35.5. The molecule has 4 nitrogen and oxygen atoms in total. The molecule has 0 fully saturated rings. The van der Waals surface area contributed by atoms with Gasteiger partial charge in [-0.1, -0.05) is 17.7 Å². The summed E-state index contributed by atoms with van der Waals surface area (Å²) in [5, 5.41) is 6.20. The quantitative estimate of drug-likeness (QED) is 0.718. The first-order valence-electron chi connectivity index (χ1n) is 6.78. The molecule has 1 aromatic heterocycles. The number of nitrogens with one attached hydrogen (secondary N) is 2. The summed E-state index contributed by atoms with van der Waals surface area (Å²) in [6.45, 7) is 0. The van der Waals surface area contributed by atoms with Gasteiger partial charge in [-0.3, -0.25) is 0 Å². The zero-order valence-corrected chi connectivity index (χ0v) is 12.4. The molecule has 0 saturated carbocycles. The summed E-state index contributed by atoms with van der Waals surface area (Å²) in [6, 6.07) is 18.2. The Morgan fingerprint density at radius 1 is 0.864 bits per heavy atom. The topological polar surface area (TPSA) is 46.1 Å². The van der Waals surface area contributed by atoms with Gasteiger partial charge in [0.2, 0.25) is 0 Å². The smallest absolute Gasteiger partial charge is 0.323 e. The van der Waals surface area contributed by atoms with Crippen molar-refractivity contribution in [3.8, 4) is 5.69 Å². The standard InChI is InChI=1S/C17H14ClN3O/c18-13-6-8-14(9-7-13)19-17(22)20-15-4-3-5-16(12-15)21-10-1-2-11-21/h1-12H,(H2,19,20,22). The third-order valence-electron chi connectivity index (χ3n) is 3.11. The lowest BCUT2D eigenvalue weighted by Crippen LogP contribution is -2.19. The van der Waals surface area contributed by atoms with Gasteiger partial charge in [0, 0.05) is 34.5 Å². The highest BCUT2D eigenvalue weighted by molar-refractivity contribution is 6.30. The summed E-state index contributed by atoms with van der Waals surface area (Å²) in [7, 11) is 0. The number of amides is 2. The predicted octanol–water partition coefficient (Wildman–Crippen LogP) is 4.77.